The third-order valence-corrected chi connectivity index (χ3v) is 3.28. The number of likely N-dealkylation sites (N-methyl/N-ethyl adjacent to an activating group) is 1. The second-order valence-corrected chi connectivity index (χ2v) is 4.52. The van der Waals surface area contributed by atoms with Gasteiger partial charge < -0.3 is 10.2 Å². The molecule has 4 heteroatoms. The van der Waals surface area contributed by atoms with Crippen LogP contribution in [0.25, 0.3) is 0 Å². The van der Waals surface area contributed by atoms with Crippen LogP contribution in [0, 0.1) is 5.82 Å². The van der Waals surface area contributed by atoms with Crippen LogP contribution >= 0.6 is 0 Å². The molecular formula is C13H17FN2O. The van der Waals surface area contributed by atoms with Crippen molar-refractivity contribution in [1.29, 1.82) is 0 Å². The fraction of sp³-hybridized carbons (Fsp3) is 0.462. The summed E-state index contributed by atoms with van der Waals surface area (Å²) in [6, 6.07) is 6.50. The van der Waals surface area contributed by atoms with Crippen molar-refractivity contribution in [2.24, 2.45) is 0 Å². The van der Waals surface area contributed by atoms with Crippen LogP contribution in [0.5, 0.6) is 0 Å². The molecule has 1 amide bonds. The predicted octanol–water partition coefficient (Wildman–Crippen LogP) is 1.53. The maximum atomic E-state index is 13.1. The standard InChI is InChI=1S/C13H17FN2O/c1-9-6-12(15-2)13(17)16(9)8-10-4-3-5-11(14)7-10/h3-5,7,9,12,15H,6,8H2,1-2H3/t9-,12+/m1/s1. The lowest BCUT2D eigenvalue weighted by Gasteiger charge is -2.21. The van der Waals surface area contributed by atoms with E-state index < -0.39 is 0 Å². The van der Waals surface area contributed by atoms with E-state index in [-0.39, 0.29) is 23.8 Å². The molecule has 1 heterocycles. The molecule has 0 unspecified atom stereocenters. The van der Waals surface area contributed by atoms with Crippen LogP contribution in [-0.2, 0) is 11.3 Å². The highest BCUT2D eigenvalue weighted by Crippen LogP contribution is 2.21. The number of carbonyl (C=O) groups excluding carboxylic acids is 1. The third kappa shape index (κ3) is 2.47. The molecule has 1 aliphatic rings. The summed E-state index contributed by atoms with van der Waals surface area (Å²) >= 11 is 0. The molecule has 0 bridgehead atoms. The average molecular weight is 236 g/mol. The van der Waals surface area contributed by atoms with E-state index in [9.17, 15) is 9.18 Å². The fourth-order valence-corrected chi connectivity index (χ4v) is 2.29. The third-order valence-electron chi connectivity index (χ3n) is 3.28. The molecular weight excluding hydrogens is 219 g/mol. The second-order valence-electron chi connectivity index (χ2n) is 4.52. The number of carbonyl (C=O) groups is 1. The Hall–Kier alpha value is -1.42. The van der Waals surface area contributed by atoms with Crippen molar-refractivity contribution in [2.45, 2.75) is 32.0 Å². The number of halogens is 1. The fourth-order valence-electron chi connectivity index (χ4n) is 2.29. The molecule has 3 nitrogen and oxygen atoms in total. The van der Waals surface area contributed by atoms with E-state index in [1.165, 1.54) is 12.1 Å². The van der Waals surface area contributed by atoms with Gasteiger partial charge in [0.15, 0.2) is 0 Å². The first kappa shape index (κ1) is 12.0. The van der Waals surface area contributed by atoms with Crippen LogP contribution in [0.2, 0.25) is 0 Å². The number of nitrogens with one attached hydrogen (secondary N) is 1. The zero-order chi connectivity index (χ0) is 12.4. The zero-order valence-corrected chi connectivity index (χ0v) is 10.1. The molecule has 1 fully saturated rings. The number of hydrogen-bond donors (Lipinski definition) is 1. The number of likely N-dealkylation sites (tertiary alicyclic amines) is 1. The molecule has 0 radical (unpaired) electrons. The van der Waals surface area contributed by atoms with Gasteiger partial charge in [-0.2, -0.15) is 0 Å². The van der Waals surface area contributed by atoms with Crippen LogP contribution in [0.15, 0.2) is 24.3 Å². The Morgan fingerprint density at radius 3 is 2.88 bits per heavy atom. The van der Waals surface area contributed by atoms with Crippen LogP contribution in [0.4, 0.5) is 4.39 Å². The minimum atomic E-state index is -0.257. The van der Waals surface area contributed by atoms with Crippen molar-refractivity contribution in [3.63, 3.8) is 0 Å². The lowest BCUT2D eigenvalue weighted by molar-refractivity contribution is -0.130. The number of hydrogen-bond acceptors (Lipinski definition) is 2. The van der Waals surface area contributed by atoms with Gasteiger partial charge in [-0.1, -0.05) is 12.1 Å². The average Bonchev–Trinajstić information content (AvgIpc) is 2.56. The summed E-state index contributed by atoms with van der Waals surface area (Å²) in [4.78, 5) is 13.8. The number of rotatable bonds is 3. The number of nitrogens with zero attached hydrogens (tertiary/aromatic N) is 1. The molecule has 0 saturated carbocycles. The highest BCUT2D eigenvalue weighted by Gasteiger charge is 2.35. The molecule has 92 valence electrons. The van der Waals surface area contributed by atoms with Gasteiger partial charge in [0, 0.05) is 12.6 Å². The van der Waals surface area contributed by atoms with Gasteiger partial charge in [0.25, 0.3) is 0 Å². The van der Waals surface area contributed by atoms with Crippen molar-refractivity contribution in [3.8, 4) is 0 Å². The van der Waals surface area contributed by atoms with E-state index >= 15 is 0 Å². The smallest absolute Gasteiger partial charge is 0.240 e. The van der Waals surface area contributed by atoms with Crippen molar-refractivity contribution in [1.82, 2.24) is 10.2 Å². The molecule has 1 aliphatic heterocycles. The normalized spacial score (nSPS) is 24.4. The monoisotopic (exact) mass is 236 g/mol. The summed E-state index contributed by atoms with van der Waals surface area (Å²) in [5.74, 6) is -0.156. The van der Waals surface area contributed by atoms with E-state index in [1.54, 1.807) is 18.0 Å². The quantitative estimate of drug-likeness (QED) is 0.863. The maximum Gasteiger partial charge on any atom is 0.240 e. The van der Waals surface area contributed by atoms with Crippen molar-refractivity contribution in [2.75, 3.05) is 7.05 Å². The van der Waals surface area contributed by atoms with Gasteiger partial charge in [-0.25, -0.2) is 4.39 Å². The highest BCUT2D eigenvalue weighted by atomic mass is 19.1. The number of benzene rings is 1. The Balaban J connectivity index is 2.11. The first-order chi connectivity index (χ1) is 8.11. The zero-order valence-electron chi connectivity index (χ0n) is 10.1. The van der Waals surface area contributed by atoms with Crippen LogP contribution in [0.3, 0.4) is 0 Å². The van der Waals surface area contributed by atoms with Crippen LogP contribution < -0.4 is 5.32 Å². The second kappa shape index (κ2) is 4.84. The minimum absolute atomic E-state index is 0.0986. The summed E-state index contributed by atoms with van der Waals surface area (Å²) in [5.41, 5.74) is 0.835. The van der Waals surface area contributed by atoms with E-state index in [0.717, 1.165) is 12.0 Å². The summed E-state index contributed by atoms with van der Waals surface area (Å²) in [6.45, 7) is 2.50. The van der Waals surface area contributed by atoms with Crippen molar-refractivity contribution < 1.29 is 9.18 Å². The lowest BCUT2D eigenvalue weighted by atomic mass is 10.2. The van der Waals surface area contributed by atoms with Crippen LogP contribution in [-0.4, -0.2) is 29.9 Å². The van der Waals surface area contributed by atoms with E-state index in [2.05, 4.69) is 5.32 Å². The Bertz CT molecular complexity index is 422. The van der Waals surface area contributed by atoms with Gasteiger partial charge in [-0.3, -0.25) is 4.79 Å². The van der Waals surface area contributed by atoms with Gasteiger partial charge in [-0.15, -0.1) is 0 Å². The van der Waals surface area contributed by atoms with E-state index in [0.29, 0.717) is 6.54 Å². The number of amides is 1. The lowest BCUT2D eigenvalue weighted by Crippen LogP contribution is -2.37. The van der Waals surface area contributed by atoms with E-state index in [1.807, 2.05) is 13.0 Å². The summed E-state index contributed by atoms with van der Waals surface area (Å²) < 4.78 is 13.1. The maximum absolute atomic E-state index is 13.1. The molecule has 0 aliphatic carbocycles. The molecule has 2 atom stereocenters. The highest BCUT2D eigenvalue weighted by molar-refractivity contribution is 5.84. The Kier molecular flexibility index (Phi) is 3.43. The first-order valence-corrected chi connectivity index (χ1v) is 5.84. The molecule has 2 rings (SSSR count). The Morgan fingerprint density at radius 2 is 2.29 bits per heavy atom. The van der Waals surface area contributed by atoms with Gasteiger partial charge >= 0.3 is 0 Å². The van der Waals surface area contributed by atoms with Gasteiger partial charge in [0.05, 0.1) is 6.04 Å². The van der Waals surface area contributed by atoms with Crippen molar-refractivity contribution in [3.05, 3.63) is 35.6 Å². The van der Waals surface area contributed by atoms with Gasteiger partial charge in [0.2, 0.25) is 5.91 Å². The molecule has 17 heavy (non-hydrogen) atoms. The minimum Gasteiger partial charge on any atom is -0.334 e. The van der Waals surface area contributed by atoms with Crippen LogP contribution in [0.1, 0.15) is 18.9 Å². The largest absolute Gasteiger partial charge is 0.334 e. The molecule has 1 aromatic carbocycles. The topological polar surface area (TPSA) is 32.3 Å². The summed E-state index contributed by atoms with van der Waals surface area (Å²) in [5, 5.41) is 3.01. The van der Waals surface area contributed by atoms with Gasteiger partial charge in [0.1, 0.15) is 5.82 Å². The molecule has 1 N–H and O–H groups in total. The predicted molar refractivity (Wildman–Crippen MR) is 63.9 cm³/mol. The molecule has 0 spiro atoms. The molecule has 0 aromatic heterocycles. The van der Waals surface area contributed by atoms with Crippen molar-refractivity contribution >= 4 is 5.91 Å². The van der Waals surface area contributed by atoms with E-state index in [4.69, 9.17) is 0 Å². The Morgan fingerprint density at radius 1 is 1.53 bits per heavy atom. The van der Waals surface area contributed by atoms with Gasteiger partial charge in [-0.05, 0) is 38.1 Å². The SMILES string of the molecule is CN[C@H]1C[C@@H](C)N(Cc2cccc(F)c2)C1=O. The molecule has 1 saturated heterocycles. The Labute approximate surface area is 101 Å². The summed E-state index contributed by atoms with van der Waals surface area (Å²) in [6.07, 6.45) is 0.810. The summed E-state index contributed by atoms with van der Waals surface area (Å²) in [7, 11) is 1.79. The molecule has 1 aromatic rings. The first-order valence-electron chi connectivity index (χ1n) is 5.84.